The van der Waals surface area contributed by atoms with Crippen LogP contribution in [0.5, 0.6) is 0 Å². The third kappa shape index (κ3) is 4.18. The molecule has 4 nitrogen and oxygen atoms in total. The quantitative estimate of drug-likeness (QED) is 0.597. The number of hydrogen-bond donors (Lipinski definition) is 2. The summed E-state index contributed by atoms with van der Waals surface area (Å²) in [5.41, 5.74) is 0. The fourth-order valence-electron chi connectivity index (χ4n) is 2.46. The van der Waals surface area contributed by atoms with E-state index in [0.717, 1.165) is 19.3 Å². The Morgan fingerprint density at radius 1 is 1.17 bits per heavy atom. The van der Waals surface area contributed by atoms with Gasteiger partial charge < -0.3 is 9.79 Å². The number of hydrogen-bond acceptors (Lipinski definition) is 2. The van der Waals surface area contributed by atoms with Crippen molar-refractivity contribution in [1.82, 2.24) is 0 Å². The molecule has 5 heteroatoms. The predicted octanol–water partition coefficient (Wildman–Crippen LogP) is 3.26. The summed E-state index contributed by atoms with van der Waals surface area (Å²) in [6.45, 7) is 2.70. The van der Waals surface area contributed by atoms with Crippen molar-refractivity contribution in [3.8, 4) is 0 Å². The zero-order chi connectivity index (χ0) is 13.8. The van der Waals surface area contributed by atoms with Crippen molar-refractivity contribution in [3.63, 3.8) is 0 Å². The van der Waals surface area contributed by atoms with E-state index in [-0.39, 0.29) is 5.78 Å². The van der Waals surface area contributed by atoms with Gasteiger partial charge in [0, 0.05) is 6.42 Å². The van der Waals surface area contributed by atoms with Crippen LogP contribution in [0.15, 0.2) is 0 Å². The highest BCUT2D eigenvalue weighted by Crippen LogP contribution is 2.51. The molecule has 0 bridgehead atoms. The normalized spacial score (nSPS) is 19.6. The molecule has 1 fully saturated rings. The van der Waals surface area contributed by atoms with Crippen molar-refractivity contribution >= 4 is 13.4 Å². The number of ketones is 1. The Balaban J connectivity index is 2.47. The minimum absolute atomic E-state index is 0.294. The molecule has 1 saturated carbocycles. The van der Waals surface area contributed by atoms with E-state index < -0.39 is 12.8 Å². The van der Waals surface area contributed by atoms with Gasteiger partial charge in [0.05, 0.1) is 0 Å². The second kappa shape index (κ2) is 6.31. The molecule has 0 unspecified atom stereocenters. The monoisotopic (exact) mass is 276 g/mol. The third-order valence-electron chi connectivity index (χ3n) is 4.16. The maximum Gasteiger partial charge on any atom is 0.338 e. The smallest absolute Gasteiger partial charge is 0.324 e. The number of rotatable bonds is 5. The molecule has 1 rings (SSSR count). The summed E-state index contributed by atoms with van der Waals surface area (Å²) in [6, 6.07) is 0. The average molecular weight is 276 g/mol. The lowest BCUT2D eigenvalue weighted by molar-refractivity contribution is -0.121. The summed E-state index contributed by atoms with van der Waals surface area (Å²) in [5.74, 6) is 0.254. The Hall–Kier alpha value is -0.180. The molecular weight excluding hydrogens is 251 g/mol. The first-order chi connectivity index (χ1) is 8.25. The van der Waals surface area contributed by atoms with Gasteiger partial charge in [0.1, 0.15) is 5.16 Å². The van der Waals surface area contributed by atoms with Crippen LogP contribution < -0.4 is 0 Å². The molecule has 0 heterocycles. The molecule has 0 aliphatic heterocycles. The Bertz CT molecular complexity index is 324. The van der Waals surface area contributed by atoms with E-state index in [1.165, 1.54) is 39.5 Å². The Morgan fingerprint density at radius 3 is 2.11 bits per heavy atom. The van der Waals surface area contributed by atoms with Gasteiger partial charge in [-0.3, -0.25) is 9.36 Å². The molecule has 0 atom stereocenters. The summed E-state index contributed by atoms with van der Waals surface area (Å²) in [4.78, 5) is 30.3. The first-order valence-corrected chi connectivity index (χ1v) is 8.45. The van der Waals surface area contributed by atoms with Crippen molar-refractivity contribution in [1.29, 1.82) is 0 Å². The SMILES string of the molecule is CC(C)(C(=O)CCC1CCCCCC1)P(=O)(O)O. The second-order valence-electron chi connectivity index (χ2n) is 5.92. The van der Waals surface area contributed by atoms with Crippen LogP contribution in [0.2, 0.25) is 0 Å². The highest BCUT2D eigenvalue weighted by molar-refractivity contribution is 7.54. The van der Waals surface area contributed by atoms with Gasteiger partial charge in [-0.05, 0) is 26.2 Å². The fraction of sp³-hybridized carbons (Fsp3) is 0.923. The molecule has 1 aliphatic rings. The number of carbonyl (C=O) groups is 1. The molecule has 0 aromatic heterocycles. The second-order valence-corrected chi connectivity index (χ2v) is 8.13. The van der Waals surface area contributed by atoms with Crippen LogP contribution >= 0.6 is 7.60 Å². The minimum Gasteiger partial charge on any atom is -0.324 e. The lowest BCUT2D eigenvalue weighted by atomic mass is 9.91. The molecule has 0 aromatic rings. The van der Waals surface area contributed by atoms with Crippen LogP contribution in [0.4, 0.5) is 0 Å². The van der Waals surface area contributed by atoms with Gasteiger partial charge in [0.15, 0.2) is 5.78 Å². The summed E-state index contributed by atoms with van der Waals surface area (Å²) in [6.07, 6.45) is 8.39. The van der Waals surface area contributed by atoms with Gasteiger partial charge in [0.25, 0.3) is 0 Å². The van der Waals surface area contributed by atoms with Gasteiger partial charge >= 0.3 is 7.60 Å². The van der Waals surface area contributed by atoms with Crippen LogP contribution in [0, 0.1) is 5.92 Å². The van der Waals surface area contributed by atoms with Crippen molar-refractivity contribution < 1.29 is 19.1 Å². The first-order valence-electron chi connectivity index (χ1n) is 6.84. The highest BCUT2D eigenvalue weighted by atomic mass is 31.2. The van der Waals surface area contributed by atoms with Gasteiger partial charge in [-0.15, -0.1) is 0 Å². The molecular formula is C13H25O4P. The fourth-order valence-corrected chi connectivity index (χ4v) is 2.89. The molecule has 0 spiro atoms. The lowest BCUT2D eigenvalue weighted by Gasteiger charge is -2.25. The first kappa shape index (κ1) is 15.9. The summed E-state index contributed by atoms with van der Waals surface area (Å²) in [5, 5.41) is -1.53. The van der Waals surface area contributed by atoms with E-state index >= 15 is 0 Å². The molecule has 0 aromatic carbocycles. The summed E-state index contributed by atoms with van der Waals surface area (Å²) >= 11 is 0. The van der Waals surface area contributed by atoms with Crippen molar-refractivity contribution in [3.05, 3.63) is 0 Å². The van der Waals surface area contributed by atoms with Crippen LogP contribution in [0.1, 0.15) is 65.2 Å². The van der Waals surface area contributed by atoms with E-state index in [1.54, 1.807) is 0 Å². The molecule has 1 aliphatic carbocycles. The molecule has 0 radical (unpaired) electrons. The zero-order valence-electron chi connectivity index (χ0n) is 11.4. The lowest BCUT2D eigenvalue weighted by Crippen LogP contribution is -2.31. The topological polar surface area (TPSA) is 74.6 Å². The van der Waals surface area contributed by atoms with Crippen LogP contribution in [0.3, 0.4) is 0 Å². The Kier molecular flexibility index (Phi) is 5.57. The summed E-state index contributed by atoms with van der Waals surface area (Å²) < 4.78 is 11.3. The standard InChI is InChI=1S/C13H25O4P/c1-13(2,18(15,16)17)12(14)10-9-11-7-5-3-4-6-8-11/h11H,3-10H2,1-2H3,(H2,15,16,17). The molecule has 106 valence electrons. The molecule has 18 heavy (non-hydrogen) atoms. The number of carbonyl (C=O) groups excluding carboxylic acids is 1. The minimum atomic E-state index is -4.35. The summed E-state index contributed by atoms with van der Waals surface area (Å²) in [7, 11) is -4.35. The Morgan fingerprint density at radius 2 is 1.67 bits per heavy atom. The van der Waals surface area contributed by atoms with E-state index in [1.807, 2.05) is 0 Å². The highest BCUT2D eigenvalue weighted by Gasteiger charge is 2.43. The maximum atomic E-state index is 11.9. The number of Topliss-reactive ketones (excluding diaryl/α,β-unsaturated/α-hetero) is 1. The van der Waals surface area contributed by atoms with E-state index in [2.05, 4.69) is 0 Å². The van der Waals surface area contributed by atoms with Crippen LogP contribution in [-0.4, -0.2) is 20.7 Å². The van der Waals surface area contributed by atoms with Crippen molar-refractivity contribution in [2.75, 3.05) is 0 Å². The van der Waals surface area contributed by atoms with E-state index in [0.29, 0.717) is 12.3 Å². The Labute approximate surface area is 109 Å². The van der Waals surface area contributed by atoms with Crippen LogP contribution in [-0.2, 0) is 9.36 Å². The van der Waals surface area contributed by atoms with Crippen LogP contribution in [0.25, 0.3) is 0 Å². The maximum absolute atomic E-state index is 11.9. The predicted molar refractivity (Wildman–Crippen MR) is 71.6 cm³/mol. The molecule has 2 N–H and O–H groups in total. The zero-order valence-corrected chi connectivity index (χ0v) is 12.3. The average Bonchev–Trinajstić information content (AvgIpc) is 2.52. The van der Waals surface area contributed by atoms with Gasteiger partial charge in [0.2, 0.25) is 0 Å². The largest absolute Gasteiger partial charge is 0.338 e. The van der Waals surface area contributed by atoms with Gasteiger partial charge in [-0.2, -0.15) is 0 Å². The van der Waals surface area contributed by atoms with Gasteiger partial charge in [-0.1, -0.05) is 38.5 Å². The van der Waals surface area contributed by atoms with Crippen molar-refractivity contribution in [2.24, 2.45) is 5.92 Å². The van der Waals surface area contributed by atoms with E-state index in [4.69, 9.17) is 0 Å². The third-order valence-corrected chi connectivity index (χ3v) is 5.87. The molecule has 0 saturated heterocycles. The van der Waals surface area contributed by atoms with Crippen molar-refractivity contribution in [2.45, 2.75) is 70.4 Å². The van der Waals surface area contributed by atoms with Gasteiger partial charge in [-0.25, -0.2) is 0 Å². The molecule has 0 amide bonds. The van der Waals surface area contributed by atoms with E-state index in [9.17, 15) is 19.1 Å².